The molecular weight excluding hydrogens is 386 g/mol. The Hall–Kier alpha value is -0.910. The lowest BCUT2D eigenvalue weighted by Gasteiger charge is -2.14. The van der Waals surface area contributed by atoms with Crippen LogP contribution < -0.4 is 4.74 Å². The Labute approximate surface area is 135 Å². The van der Waals surface area contributed by atoms with Gasteiger partial charge in [-0.05, 0) is 30.7 Å². The normalized spacial score (nSPS) is 12.2. The fraction of sp³-hybridized carbons (Fsp3) is 0.267. The number of halogens is 2. The van der Waals surface area contributed by atoms with Crippen LogP contribution >= 0.6 is 31.9 Å². The molecule has 0 fully saturated rings. The van der Waals surface area contributed by atoms with Crippen molar-refractivity contribution in [3.63, 3.8) is 0 Å². The molecular formula is C15H15Br2NO2. The number of ether oxygens (including phenoxy) is 1. The standard InChI is InChI=1S/C15H15Br2NO2/c1-2-5-20-12-6-10(8-18-9-12)15(19)13-7-11(16)3-4-14(13)17/h3-4,6-9,15,19H,2,5H2,1H3. The highest BCUT2D eigenvalue weighted by atomic mass is 79.9. The van der Waals surface area contributed by atoms with Crippen LogP contribution in [0.4, 0.5) is 0 Å². The third-order valence-electron chi connectivity index (χ3n) is 2.78. The molecule has 1 heterocycles. The van der Waals surface area contributed by atoms with Gasteiger partial charge in [0.05, 0.1) is 12.8 Å². The molecule has 1 unspecified atom stereocenters. The molecule has 0 aliphatic heterocycles. The van der Waals surface area contributed by atoms with Crippen LogP contribution in [0.1, 0.15) is 30.6 Å². The first-order valence-electron chi connectivity index (χ1n) is 6.32. The summed E-state index contributed by atoms with van der Waals surface area (Å²) in [6.45, 7) is 2.69. The van der Waals surface area contributed by atoms with Gasteiger partial charge >= 0.3 is 0 Å². The number of nitrogens with zero attached hydrogens (tertiary/aromatic N) is 1. The van der Waals surface area contributed by atoms with E-state index < -0.39 is 6.10 Å². The molecule has 1 aromatic heterocycles. The van der Waals surface area contributed by atoms with E-state index in [0.717, 1.165) is 20.9 Å². The Morgan fingerprint density at radius 3 is 2.80 bits per heavy atom. The van der Waals surface area contributed by atoms with Crippen LogP contribution in [0.25, 0.3) is 0 Å². The Morgan fingerprint density at radius 1 is 1.25 bits per heavy atom. The highest BCUT2D eigenvalue weighted by Crippen LogP contribution is 2.31. The van der Waals surface area contributed by atoms with Crippen LogP contribution in [0.5, 0.6) is 5.75 Å². The Morgan fingerprint density at radius 2 is 2.05 bits per heavy atom. The number of aromatic nitrogens is 1. The van der Waals surface area contributed by atoms with E-state index in [1.165, 1.54) is 0 Å². The second-order valence-electron chi connectivity index (χ2n) is 4.37. The lowest BCUT2D eigenvalue weighted by atomic mass is 10.0. The van der Waals surface area contributed by atoms with E-state index in [4.69, 9.17) is 4.74 Å². The van der Waals surface area contributed by atoms with Gasteiger partial charge in [-0.25, -0.2) is 0 Å². The van der Waals surface area contributed by atoms with Gasteiger partial charge in [0.15, 0.2) is 0 Å². The van der Waals surface area contributed by atoms with Crippen molar-refractivity contribution in [2.45, 2.75) is 19.4 Å². The highest BCUT2D eigenvalue weighted by molar-refractivity contribution is 9.11. The SMILES string of the molecule is CCCOc1cncc(C(O)c2cc(Br)ccc2Br)c1. The fourth-order valence-electron chi connectivity index (χ4n) is 1.79. The second kappa shape index (κ2) is 7.20. The second-order valence-corrected chi connectivity index (χ2v) is 6.14. The molecule has 1 atom stereocenters. The minimum absolute atomic E-state index is 0.641. The van der Waals surface area contributed by atoms with Crippen LogP contribution in [0.2, 0.25) is 0 Å². The summed E-state index contributed by atoms with van der Waals surface area (Å²) in [5.41, 5.74) is 1.49. The number of hydrogen-bond acceptors (Lipinski definition) is 3. The molecule has 0 aliphatic carbocycles. The predicted octanol–water partition coefficient (Wildman–Crippen LogP) is 4.48. The maximum Gasteiger partial charge on any atom is 0.137 e. The molecule has 0 saturated heterocycles. The minimum Gasteiger partial charge on any atom is -0.492 e. The van der Waals surface area contributed by atoms with Gasteiger partial charge in [-0.15, -0.1) is 0 Å². The van der Waals surface area contributed by atoms with E-state index in [1.54, 1.807) is 12.4 Å². The molecule has 0 bridgehead atoms. The quantitative estimate of drug-likeness (QED) is 0.804. The van der Waals surface area contributed by atoms with E-state index in [-0.39, 0.29) is 0 Å². The van der Waals surface area contributed by atoms with Gasteiger partial charge in [0.2, 0.25) is 0 Å². The maximum absolute atomic E-state index is 10.5. The molecule has 5 heteroatoms. The summed E-state index contributed by atoms with van der Waals surface area (Å²) in [5, 5.41) is 10.5. The van der Waals surface area contributed by atoms with Crippen LogP contribution in [0, 0.1) is 0 Å². The molecule has 0 spiro atoms. The van der Waals surface area contributed by atoms with Gasteiger partial charge in [0, 0.05) is 26.3 Å². The van der Waals surface area contributed by atoms with E-state index in [0.29, 0.717) is 17.9 Å². The van der Waals surface area contributed by atoms with E-state index in [9.17, 15) is 5.11 Å². The number of benzene rings is 1. The number of pyridine rings is 1. The first-order chi connectivity index (χ1) is 9.61. The Balaban J connectivity index is 2.28. The molecule has 1 aromatic carbocycles. The number of rotatable bonds is 5. The van der Waals surface area contributed by atoms with Crippen molar-refractivity contribution in [3.8, 4) is 5.75 Å². The molecule has 20 heavy (non-hydrogen) atoms. The summed E-state index contributed by atoms with van der Waals surface area (Å²) in [7, 11) is 0. The van der Waals surface area contributed by atoms with Crippen LogP contribution in [-0.2, 0) is 0 Å². The summed E-state index contributed by atoms with van der Waals surface area (Å²) in [6.07, 6.45) is 3.49. The number of hydrogen-bond donors (Lipinski definition) is 1. The lowest BCUT2D eigenvalue weighted by Crippen LogP contribution is -2.03. The van der Waals surface area contributed by atoms with Crippen LogP contribution in [-0.4, -0.2) is 16.7 Å². The smallest absolute Gasteiger partial charge is 0.137 e. The van der Waals surface area contributed by atoms with E-state index in [1.807, 2.05) is 31.2 Å². The largest absolute Gasteiger partial charge is 0.492 e. The van der Waals surface area contributed by atoms with Crippen molar-refractivity contribution >= 4 is 31.9 Å². The number of aliphatic hydroxyl groups excluding tert-OH is 1. The molecule has 2 rings (SSSR count). The Bertz CT molecular complexity index is 590. The zero-order chi connectivity index (χ0) is 14.5. The molecule has 3 nitrogen and oxygen atoms in total. The predicted molar refractivity (Wildman–Crippen MR) is 85.9 cm³/mol. The summed E-state index contributed by atoms with van der Waals surface area (Å²) in [5.74, 6) is 0.675. The topological polar surface area (TPSA) is 42.4 Å². The summed E-state index contributed by atoms with van der Waals surface area (Å²) < 4.78 is 7.31. The van der Waals surface area contributed by atoms with Crippen molar-refractivity contribution in [2.75, 3.05) is 6.61 Å². The summed E-state index contributed by atoms with van der Waals surface area (Å²) in [4.78, 5) is 4.12. The summed E-state index contributed by atoms with van der Waals surface area (Å²) >= 11 is 6.87. The van der Waals surface area contributed by atoms with Gasteiger partial charge in [0.25, 0.3) is 0 Å². The van der Waals surface area contributed by atoms with E-state index in [2.05, 4.69) is 36.8 Å². The lowest BCUT2D eigenvalue weighted by molar-refractivity contribution is 0.218. The van der Waals surface area contributed by atoms with Crippen molar-refractivity contribution < 1.29 is 9.84 Å². The van der Waals surface area contributed by atoms with Gasteiger partial charge in [-0.1, -0.05) is 38.8 Å². The molecule has 106 valence electrons. The van der Waals surface area contributed by atoms with Crippen LogP contribution in [0.15, 0.2) is 45.6 Å². The fourth-order valence-corrected chi connectivity index (χ4v) is 2.63. The van der Waals surface area contributed by atoms with Crippen molar-refractivity contribution in [1.29, 1.82) is 0 Å². The summed E-state index contributed by atoms with van der Waals surface area (Å²) in [6, 6.07) is 7.52. The molecule has 2 aromatic rings. The van der Waals surface area contributed by atoms with E-state index >= 15 is 0 Å². The number of aliphatic hydroxyl groups is 1. The highest BCUT2D eigenvalue weighted by Gasteiger charge is 2.15. The van der Waals surface area contributed by atoms with Gasteiger partial charge in [-0.2, -0.15) is 0 Å². The minimum atomic E-state index is -0.750. The molecule has 0 saturated carbocycles. The molecule has 1 N–H and O–H groups in total. The maximum atomic E-state index is 10.5. The molecule has 0 radical (unpaired) electrons. The zero-order valence-electron chi connectivity index (χ0n) is 11.0. The molecule has 0 aliphatic rings. The van der Waals surface area contributed by atoms with Crippen molar-refractivity contribution in [1.82, 2.24) is 4.98 Å². The third kappa shape index (κ3) is 3.81. The monoisotopic (exact) mass is 399 g/mol. The zero-order valence-corrected chi connectivity index (χ0v) is 14.2. The average Bonchev–Trinajstić information content (AvgIpc) is 2.47. The Kier molecular flexibility index (Phi) is 5.57. The van der Waals surface area contributed by atoms with Gasteiger partial charge in [0.1, 0.15) is 11.9 Å². The van der Waals surface area contributed by atoms with Crippen molar-refractivity contribution in [2.24, 2.45) is 0 Å². The average molecular weight is 401 g/mol. The van der Waals surface area contributed by atoms with Crippen LogP contribution in [0.3, 0.4) is 0 Å². The van der Waals surface area contributed by atoms with Gasteiger partial charge in [-0.3, -0.25) is 4.98 Å². The van der Waals surface area contributed by atoms with Gasteiger partial charge < -0.3 is 9.84 Å². The first-order valence-corrected chi connectivity index (χ1v) is 7.91. The first kappa shape index (κ1) is 15.5. The molecule has 0 amide bonds. The third-order valence-corrected chi connectivity index (χ3v) is 3.99. The van der Waals surface area contributed by atoms with Crippen molar-refractivity contribution in [3.05, 3.63) is 56.7 Å².